The van der Waals surface area contributed by atoms with Crippen molar-refractivity contribution in [3.05, 3.63) is 0 Å². The highest BCUT2D eigenvalue weighted by atomic mass is 16.5. The molecule has 0 heterocycles. The molecule has 0 amide bonds. The van der Waals surface area contributed by atoms with E-state index in [1.807, 2.05) is 0 Å². The molecule has 0 saturated carbocycles. The first-order chi connectivity index (χ1) is 6.46. The van der Waals surface area contributed by atoms with Gasteiger partial charge in [0.05, 0.1) is 12.7 Å². The predicted octanol–water partition coefficient (Wildman–Crippen LogP) is 1.47. The summed E-state index contributed by atoms with van der Waals surface area (Å²) in [5, 5.41) is 0. The van der Waals surface area contributed by atoms with Crippen LogP contribution in [0, 0.1) is 0 Å². The maximum absolute atomic E-state index is 5.77. The molecule has 3 nitrogen and oxygen atoms in total. The fraction of sp³-hybridized carbons (Fsp3) is 1.00. The van der Waals surface area contributed by atoms with Gasteiger partial charge in [0, 0.05) is 18.6 Å². The van der Waals surface area contributed by atoms with Crippen molar-refractivity contribution in [2.24, 2.45) is 5.73 Å². The Morgan fingerprint density at radius 2 is 2.00 bits per heavy atom. The first-order valence-electron chi connectivity index (χ1n) is 5.49. The summed E-state index contributed by atoms with van der Waals surface area (Å²) in [4.78, 5) is 2.29. The topological polar surface area (TPSA) is 38.5 Å². The van der Waals surface area contributed by atoms with Crippen LogP contribution in [0.4, 0.5) is 0 Å². The molecule has 0 bridgehead atoms. The molecule has 3 heteroatoms. The number of nitrogens with two attached hydrogens (primary N) is 1. The van der Waals surface area contributed by atoms with Gasteiger partial charge in [-0.15, -0.1) is 0 Å². The SMILES string of the molecule is CCC(C)(CN)N(C)CCOC(C)C. The Morgan fingerprint density at radius 3 is 2.36 bits per heavy atom. The molecule has 0 aromatic carbocycles. The molecule has 0 aliphatic rings. The Kier molecular flexibility index (Phi) is 6.33. The molecule has 2 N–H and O–H groups in total. The van der Waals surface area contributed by atoms with Crippen LogP contribution in [0.1, 0.15) is 34.1 Å². The minimum absolute atomic E-state index is 0.111. The van der Waals surface area contributed by atoms with Gasteiger partial charge in [-0.2, -0.15) is 0 Å². The Bertz CT molecular complexity index is 144. The van der Waals surface area contributed by atoms with E-state index >= 15 is 0 Å². The lowest BCUT2D eigenvalue weighted by Crippen LogP contribution is -2.50. The molecule has 0 aliphatic heterocycles. The van der Waals surface area contributed by atoms with Crippen molar-refractivity contribution < 1.29 is 4.74 Å². The van der Waals surface area contributed by atoms with Crippen LogP contribution in [-0.2, 0) is 4.74 Å². The highest BCUT2D eigenvalue weighted by Gasteiger charge is 2.24. The van der Waals surface area contributed by atoms with E-state index in [0.717, 1.165) is 19.6 Å². The minimum atomic E-state index is 0.111. The van der Waals surface area contributed by atoms with Crippen LogP contribution < -0.4 is 5.73 Å². The van der Waals surface area contributed by atoms with Crippen LogP contribution >= 0.6 is 0 Å². The molecule has 0 radical (unpaired) electrons. The third kappa shape index (κ3) is 4.40. The van der Waals surface area contributed by atoms with Crippen molar-refractivity contribution in [1.82, 2.24) is 4.90 Å². The summed E-state index contributed by atoms with van der Waals surface area (Å²) in [6, 6.07) is 0. The summed E-state index contributed by atoms with van der Waals surface area (Å²) < 4.78 is 5.51. The largest absolute Gasteiger partial charge is 0.377 e. The molecule has 0 spiro atoms. The first-order valence-corrected chi connectivity index (χ1v) is 5.49. The zero-order chi connectivity index (χ0) is 11.2. The summed E-state index contributed by atoms with van der Waals surface area (Å²) in [6.07, 6.45) is 1.39. The molecular weight excluding hydrogens is 176 g/mol. The Balaban J connectivity index is 3.87. The standard InChI is InChI=1S/C11H26N2O/c1-6-11(4,9-12)13(5)7-8-14-10(2)3/h10H,6-9,12H2,1-5H3. The van der Waals surface area contributed by atoms with Gasteiger partial charge in [0.2, 0.25) is 0 Å². The summed E-state index contributed by atoms with van der Waals surface area (Å²) in [7, 11) is 2.11. The van der Waals surface area contributed by atoms with Gasteiger partial charge in [-0.05, 0) is 34.2 Å². The molecule has 0 saturated heterocycles. The normalized spacial score (nSPS) is 16.3. The first kappa shape index (κ1) is 13.9. The molecule has 1 atom stereocenters. The fourth-order valence-corrected chi connectivity index (χ4v) is 1.27. The van der Waals surface area contributed by atoms with E-state index in [1.165, 1.54) is 0 Å². The highest BCUT2D eigenvalue weighted by Crippen LogP contribution is 2.15. The average Bonchev–Trinajstić information content (AvgIpc) is 2.15. The maximum Gasteiger partial charge on any atom is 0.0597 e. The van der Waals surface area contributed by atoms with E-state index in [1.54, 1.807) is 0 Å². The number of rotatable bonds is 7. The monoisotopic (exact) mass is 202 g/mol. The van der Waals surface area contributed by atoms with Gasteiger partial charge in [-0.1, -0.05) is 6.92 Å². The molecule has 0 aromatic heterocycles. The van der Waals surface area contributed by atoms with Crippen molar-refractivity contribution in [3.8, 4) is 0 Å². The van der Waals surface area contributed by atoms with Gasteiger partial charge in [0.1, 0.15) is 0 Å². The number of hydrogen-bond donors (Lipinski definition) is 1. The second kappa shape index (κ2) is 6.38. The van der Waals surface area contributed by atoms with Gasteiger partial charge in [0.25, 0.3) is 0 Å². The predicted molar refractivity (Wildman–Crippen MR) is 61.5 cm³/mol. The Hall–Kier alpha value is -0.120. The summed E-state index contributed by atoms with van der Waals surface area (Å²) in [5.74, 6) is 0. The average molecular weight is 202 g/mol. The van der Waals surface area contributed by atoms with Crippen LogP contribution in [0.2, 0.25) is 0 Å². The Labute approximate surface area is 88.6 Å². The highest BCUT2D eigenvalue weighted by molar-refractivity contribution is 4.83. The minimum Gasteiger partial charge on any atom is -0.377 e. The summed E-state index contributed by atoms with van der Waals surface area (Å²) >= 11 is 0. The second-order valence-corrected chi connectivity index (χ2v) is 4.40. The van der Waals surface area contributed by atoms with E-state index in [4.69, 9.17) is 10.5 Å². The second-order valence-electron chi connectivity index (χ2n) is 4.40. The number of ether oxygens (including phenoxy) is 1. The van der Waals surface area contributed by atoms with E-state index in [2.05, 4.69) is 39.6 Å². The molecular formula is C11H26N2O. The van der Waals surface area contributed by atoms with Gasteiger partial charge in [-0.25, -0.2) is 0 Å². The van der Waals surface area contributed by atoms with Crippen LogP contribution in [0.15, 0.2) is 0 Å². The molecule has 1 unspecified atom stereocenters. The lowest BCUT2D eigenvalue weighted by molar-refractivity contribution is 0.0384. The van der Waals surface area contributed by atoms with Crippen molar-refractivity contribution in [3.63, 3.8) is 0 Å². The zero-order valence-electron chi connectivity index (χ0n) is 10.3. The molecule has 86 valence electrons. The van der Waals surface area contributed by atoms with Crippen LogP contribution in [0.5, 0.6) is 0 Å². The lowest BCUT2D eigenvalue weighted by atomic mass is 9.97. The van der Waals surface area contributed by atoms with Crippen molar-refractivity contribution in [2.75, 3.05) is 26.7 Å². The number of nitrogens with zero attached hydrogens (tertiary/aromatic N) is 1. The van der Waals surface area contributed by atoms with E-state index in [9.17, 15) is 0 Å². The van der Waals surface area contributed by atoms with Crippen LogP contribution in [0.25, 0.3) is 0 Å². The molecule has 0 rings (SSSR count). The van der Waals surface area contributed by atoms with E-state index in [0.29, 0.717) is 12.6 Å². The van der Waals surface area contributed by atoms with Gasteiger partial charge in [0.15, 0.2) is 0 Å². The van der Waals surface area contributed by atoms with Crippen molar-refractivity contribution in [1.29, 1.82) is 0 Å². The third-order valence-electron chi connectivity index (χ3n) is 3.00. The van der Waals surface area contributed by atoms with Gasteiger partial charge in [-0.3, -0.25) is 4.90 Å². The molecule has 0 aromatic rings. The molecule has 0 fully saturated rings. The van der Waals surface area contributed by atoms with Gasteiger partial charge < -0.3 is 10.5 Å². The van der Waals surface area contributed by atoms with Crippen molar-refractivity contribution >= 4 is 0 Å². The Morgan fingerprint density at radius 1 is 1.43 bits per heavy atom. The van der Waals surface area contributed by atoms with E-state index in [-0.39, 0.29) is 5.54 Å². The smallest absolute Gasteiger partial charge is 0.0597 e. The van der Waals surface area contributed by atoms with Crippen LogP contribution in [0.3, 0.4) is 0 Å². The third-order valence-corrected chi connectivity index (χ3v) is 3.00. The lowest BCUT2D eigenvalue weighted by Gasteiger charge is -2.37. The van der Waals surface area contributed by atoms with Crippen molar-refractivity contribution in [2.45, 2.75) is 45.8 Å². The molecule has 0 aliphatic carbocycles. The number of hydrogen-bond acceptors (Lipinski definition) is 3. The summed E-state index contributed by atoms with van der Waals surface area (Å²) in [5.41, 5.74) is 5.88. The number of likely N-dealkylation sites (N-methyl/N-ethyl adjacent to an activating group) is 1. The maximum atomic E-state index is 5.77. The quantitative estimate of drug-likeness (QED) is 0.679. The van der Waals surface area contributed by atoms with E-state index < -0.39 is 0 Å². The van der Waals surface area contributed by atoms with Gasteiger partial charge >= 0.3 is 0 Å². The fourth-order valence-electron chi connectivity index (χ4n) is 1.27. The molecule has 14 heavy (non-hydrogen) atoms. The van der Waals surface area contributed by atoms with Crippen LogP contribution in [-0.4, -0.2) is 43.3 Å². The summed E-state index contributed by atoms with van der Waals surface area (Å²) in [6.45, 7) is 10.9. The zero-order valence-corrected chi connectivity index (χ0v) is 10.3.